The molecule has 0 N–H and O–H groups in total. The molecule has 7 aromatic rings. The monoisotopic (exact) mass is 878 g/mol. The second-order valence-corrected chi connectivity index (χ2v) is 12.0. The van der Waals surface area contributed by atoms with Gasteiger partial charge in [0.1, 0.15) is 17.5 Å². The molecule has 7 rings (SSSR count). The first-order chi connectivity index (χ1) is 28.1. The molecular formula is C36H4BF21O2. The van der Waals surface area contributed by atoms with E-state index in [2.05, 4.69) is 0 Å². The number of halogens is 21. The van der Waals surface area contributed by atoms with Gasteiger partial charge in [-0.2, -0.15) is 8.78 Å². The van der Waals surface area contributed by atoms with Crippen LogP contribution in [0.5, 0.6) is 11.5 Å². The second-order valence-electron chi connectivity index (χ2n) is 12.0. The molecule has 0 aromatic heterocycles. The summed E-state index contributed by atoms with van der Waals surface area (Å²) in [6.07, 6.45) is 0. The van der Waals surface area contributed by atoms with Gasteiger partial charge in [-0.1, -0.05) is 12.1 Å². The number of fused-ring (bicyclic) bond motifs is 3. The molecule has 0 heterocycles. The SMILES string of the molecule is Fc1ccc2c(B(Oc3c(F)c(F)c(F)c(F)c3-c3c(F)c(F)c(F)c(F)c3F)Oc3c(F)c(F)c(F)c4c(F)c5c(F)c(F)c(F)c(F)c5c(F)c34)ccc(F)c2c1F. The van der Waals surface area contributed by atoms with Crippen LogP contribution in [-0.4, -0.2) is 7.12 Å². The zero-order valence-electron chi connectivity index (χ0n) is 27.6. The fourth-order valence-electron chi connectivity index (χ4n) is 6.16. The van der Waals surface area contributed by atoms with Crippen LogP contribution < -0.4 is 14.8 Å². The van der Waals surface area contributed by atoms with Crippen molar-refractivity contribution in [3.63, 3.8) is 0 Å². The molecule has 24 heteroatoms. The Bertz CT molecular complexity index is 3050. The van der Waals surface area contributed by atoms with Crippen molar-refractivity contribution >= 4 is 44.9 Å². The minimum absolute atomic E-state index is 0.0933. The van der Waals surface area contributed by atoms with Crippen LogP contribution in [0.25, 0.3) is 43.4 Å². The molecule has 0 aliphatic rings. The number of hydrogen-bond acceptors (Lipinski definition) is 2. The third-order valence-electron chi connectivity index (χ3n) is 8.87. The fraction of sp³-hybridized carbons (Fsp3) is 0. The Morgan fingerprint density at radius 2 is 0.633 bits per heavy atom. The fourth-order valence-corrected chi connectivity index (χ4v) is 6.16. The lowest BCUT2D eigenvalue weighted by molar-refractivity contribution is 0.361. The lowest BCUT2D eigenvalue weighted by Gasteiger charge is -2.23. The molecule has 0 spiro atoms. The van der Waals surface area contributed by atoms with Gasteiger partial charge in [0, 0.05) is 5.46 Å². The van der Waals surface area contributed by atoms with E-state index in [1.54, 1.807) is 0 Å². The summed E-state index contributed by atoms with van der Waals surface area (Å²) in [5.74, 6) is -64.0. The lowest BCUT2D eigenvalue weighted by Crippen LogP contribution is -2.44. The van der Waals surface area contributed by atoms with Crippen LogP contribution in [0, 0.1) is 122 Å². The van der Waals surface area contributed by atoms with E-state index in [9.17, 15) is 52.7 Å². The Morgan fingerprint density at radius 1 is 0.267 bits per heavy atom. The van der Waals surface area contributed by atoms with Gasteiger partial charge >= 0.3 is 7.12 Å². The van der Waals surface area contributed by atoms with Crippen molar-refractivity contribution in [1.29, 1.82) is 0 Å². The number of rotatable bonds is 6. The lowest BCUT2D eigenvalue weighted by atomic mass is 9.75. The molecule has 0 atom stereocenters. The summed E-state index contributed by atoms with van der Waals surface area (Å²) in [6.45, 7) is 0. The molecule has 0 fully saturated rings. The van der Waals surface area contributed by atoms with Gasteiger partial charge in [-0.15, -0.1) is 0 Å². The van der Waals surface area contributed by atoms with Crippen LogP contribution in [0.2, 0.25) is 0 Å². The van der Waals surface area contributed by atoms with Gasteiger partial charge in [-0.25, -0.2) is 83.4 Å². The first-order valence-electron chi connectivity index (χ1n) is 15.5. The third-order valence-corrected chi connectivity index (χ3v) is 8.87. The van der Waals surface area contributed by atoms with Gasteiger partial charge in [0.15, 0.2) is 92.9 Å². The van der Waals surface area contributed by atoms with Crippen molar-refractivity contribution in [2.45, 2.75) is 0 Å². The highest BCUT2D eigenvalue weighted by Gasteiger charge is 2.41. The van der Waals surface area contributed by atoms with Crippen molar-refractivity contribution in [3.8, 4) is 22.6 Å². The van der Waals surface area contributed by atoms with E-state index < -0.39 is 190 Å². The summed E-state index contributed by atoms with van der Waals surface area (Å²) in [7, 11) is -3.54. The van der Waals surface area contributed by atoms with Crippen LogP contribution in [0.4, 0.5) is 92.2 Å². The van der Waals surface area contributed by atoms with Crippen molar-refractivity contribution in [3.05, 3.63) is 146 Å². The van der Waals surface area contributed by atoms with E-state index in [1.165, 1.54) is 0 Å². The number of hydrogen-bond donors (Lipinski definition) is 0. The van der Waals surface area contributed by atoms with Crippen molar-refractivity contribution in [1.82, 2.24) is 0 Å². The smallest absolute Gasteiger partial charge is 0.519 e. The average molecular weight is 878 g/mol. The molecule has 0 radical (unpaired) electrons. The van der Waals surface area contributed by atoms with Crippen LogP contribution >= 0.6 is 0 Å². The topological polar surface area (TPSA) is 18.5 Å². The second kappa shape index (κ2) is 14.4. The molecular weight excluding hydrogens is 874 g/mol. The minimum atomic E-state index is -3.54. The molecule has 310 valence electrons. The van der Waals surface area contributed by atoms with Crippen LogP contribution in [0.15, 0.2) is 24.3 Å². The average Bonchev–Trinajstić information content (AvgIpc) is 3.22. The highest BCUT2D eigenvalue weighted by Crippen LogP contribution is 2.46. The summed E-state index contributed by atoms with van der Waals surface area (Å²) < 4.78 is 323. The van der Waals surface area contributed by atoms with Gasteiger partial charge in [0.05, 0.1) is 38.1 Å². The molecule has 7 aromatic carbocycles. The van der Waals surface area contributed by atoms with Gasteiger partial charge in [0.2, 0.25) is 23.3 Å². The standard InChI is InChI=1S/C36H4BF21O2/c38-7-4-2-6(5-1-3-8(39)16(40)9(5)7)37(60-36-15(24(48)29(53)32(56)34(36)58)13-22(46)27(51)31(55)28(52)23(13)47)59-35-14-12(21(45)30(54)33(35)57)17(41)10-11(18(14)42)20(44)26(50)25(49)19(10)43/h1-4H. The van der Waals surface area contributed by atoms with E-state index in [0.717, 1.165) is 0 Å². The Kier molecular flexibility index (Phi) is 9.97. The van der Waals surface area contributed by atoms with E-state index in [1.807, 2.05) is 0 Å². The summed E-state index contributed by atoms with van der Waals surface area (Å²) in [4.78, 5) is 0. The van der Waals surface area contributed by atoms with Gasteiger partial charge in [-0.05, 0) is 17.5 Å². The summed E-state index contributed by atoms with van der Waals surface area (Å²) in [5, 5.41) is -12.0. The summed E-state index contributed by atoms with van der Waals surface area (Å²) >= 11 is 0. The van der Waals surface area contributed by atoms with Gasteiger partial charge in [-0.3, -0.25) is 0 Å². The van der Waals surface area contributed by atoms with Gasteiger partial charge in [0.25, 0.3) is 0 Å². The molecule has 0 saturated heterocycles. The largest absolute Gasteiger partial charge is 0.633 e. The van der Waals surface area contributed by atoms with Crippen LogP contribution in [0.1, 0.15) is 0 Å². The Hall–Kier alpha value is -6.49. The van der Waals surface area contributed by atoms with E-state index in [4.69, 9.17) is 9.31 Å². The zero-order valence-corrected chi connectivity index (χ0v) is 27.6. The van der Waals surface area contributed by atoms with Crippen molar-refractivity contribution < 1.29 is 102 Å². The van der Waals surface area contributed by atoms with E-state index >= 15 is 39.5 Å². The minimum Gasteiger partial charge on any atom is -0.519 e. The molecule has 0 aliphatic heterocycles. The maximum absolute atomic E-state index is 16.2. The summed E-state index contributed by atoms with van der Waals surface area (Å²) in [6, 6.07) is 0.804. The molecule has 2 nitrogen and oxygen atoms in total. The van der Waals surface area contributed by atoms with Crippen LogP contribution in [0.3, 0.4) is 0 Å². The number of benzene rings is 7. The van der Waals surface area contributed by atoms with Crippen molar-refractivity contribution in [2.75, 3.05) is 0 Å². The summed E-state index contributed by atoms with van der Waals surface area (Å²) in [5.41, 5.74) is -6.66. The molecule has 60 heavy (non-hydrogen) atoms. The zero-order chi connectivity index (χ0) is 44.3. The molecule has 0 amide bonds. The molecule has 0 aliphatic carbocycles. The highest BCUT2D eigenvalue weighted by atomic mass is 19.2. The molecule has 0 unspecified atom stereocenters. The van der Waals surface area contributed by atoms with E-state index in [0.29, 0.717) is 6.07 Å². The Labute approximate surface area is 315 Å². The molecule has 0 saturated carbocycles. The first kappa shape index (κ1) is 41.7. The van der Waals surface area contributed by atoms with Gasteiger partial charge < -0.3 is 9.31 Å². The van der Waals surface area contributed by atoms with Crippen molar-refractivity contribution in [2.24, 2.45) is 0 Å². The quantitative estimate of drug-likeness (QED) is 0.0545. The normalized spacial score (nSPS) is 11.8. The maximum atomic E-state index is 16.2. The maximum Gasteiger partial charge on any atom is 0.633 e. The van der Waals surface area contributed by atoms with E-state index in [-0.39, 0.29) is 18.2 Å². The Morgan fingerprint density at radius 3 is 1.17 bits per heavy atom. The Balaban J connectivity index is 1.63. The first-order valence-corrected chi connectivity index (χ1v) is 15.5. The van der Waals surface area contributed by atoms with Crippen LogP contribution in [-0.2, 0) is 0 Å². The third kappa shape index (κ3) is 5.73. The molecule has 0 bridgehead atoms. The predicted octanol–water partition coefficient (Wildman–Crippen LogP) is 11.6. The predicted molar refractivity (Wildman–Crippen MR) is 163 cm³/mol. The highest BCUT2D eigenvalue weighted by molar-refractivity contribution is 6.66.